The number of hydrogen-bond acceptors (Lipinski definition) is 3. The van der Waals surface area contributed by atoms with Gasteiger partial charge in [0.25, 0.3) is 0 Å². The molecular formula is C14H19NO2S. The van der Waals surface area contributed by atoms with Crippen LogP contribution >= 0.6 is 11.8 Å². The lowest BCUT2D eigenvalue weighted by Gasteiger charge is -2.16. The predicted molar refractivity (Wildman–Crippen MR) is 74.0 cm³/mol. The third-order valence-electron chi connectivity index (χ3n) is 3.17. The van der Waals surface area contributed by atoms with Crippen LogP contribution in [-0.4, -0.2) is 23.4 Å². The van der Waals surface area contributed by atoms with Gasteiger partial charge < -0.3 is 10.4 Å². The zero-order valence-corrected chi connectivity index (χ0v) is 11.4. The molecule has 1 aromatic rings. The van der Waals surface area contributed by atoms with Crippen LogP contribution in [0.2, 0.25) is 0 Å². The Morgan fingerprint density at radius 3 is 3.17 bits per heavy atom. The molecule has 0 amide bonds. The molecule has 0 saturated carbocycles. The summed E-state index contributed by atoms with van der Waals surface area (Å²) in [5, 5.41) is 12.0. The third kappa shape index (κ3) is 3.50. The van der Waals surface area contributed by atoms with Gasteiger partial charge in [0.15, 0.2) is 0 Å². The second kappa shape index (κ2) is 6.25. The van der Waals surface area contributed by atoms with Gasteiger partial charge in [-0.2, -0.15) is 0 Å². The van der Waals surface area contributed by atoms with Gasteiger partial charge >= 0.3 is 5.97 Å². The SMILES string of the molecule is CC(CNCc1ccc2c(c1)CCCS2)C(=O)O. The summed E-state index contributed by atoms with van der Waals surface area (Å²) >= 11 is 1.93. The van der Waals surface area contributed by atoms with E-state index in [4.69, 9.17) is 5.11 Å². The molecule has 1 aliphatic heterocycles. The first kappa shape index (κ1) is 13.4. The zero-order chi connectivity index (χ0) is 13.0. The summed E-state index contributed by atoms with van der Waals surface area (Å²) in [6.45, 7) is 2.98. The molecule has 4 heteroatoms. The average molecular weight is 265 g/mol. The van der Waals surface area contributed by atoms with Gasteiger partial charge in [0.1, 0.15) is 0 Å². The molecule has 0 bridgehead atoms. The highest BCUT2D eigenvalue weighted by Gasteiger charge is 2.11. The maximum absolute atomic E-state index is 10.7. The fraction of sp³-hybridized carbons (Fsp3) is 0.500. The monoisotopic (exact) mass is 265 g/mol. The summed E-state index contributed by atoms with van der Waals surface area (Å²) in [6.07, 6.45) is 2.42. The van der Waals surface area contributed by atoms with Crippen LogP contribution in [0.3, 0.4) is 0 Å². The highest BCUT2D eigenvalue weighted by atomic mass is 32.2. The Morgan fingerprint density at radius 2 is 2.39 bits per heavy atom. The van der Waals surface area contributed by atoms with Gasteiger partial charge in [-0.3, -0.25) is 4.79 Å². The Morgan fingerprint density at radius 1 is 1.56 bits per heavy atom. The largest absolute Gasteiger partial charge is 0.481 e. The highest BCUT2D eigenvalue weighted by molar-refractivity contribution is 7.99. The summed E-state index contributed by atoms with van der Waals surface area (Å²) in [5.74, 6) is 0.142. The molecule has 0 aromatic heterocycles. The Balaban J connectivity index is 1.88. The first-order valence-electron chi connectivity index (χ1n) is 6.35. The molecule has 1 unspecified atom stereocenters. The van der Waals surface area contributed by atoms with E-state index in [1.807, 2.05) is 11.8 Å². The van der Waals surface area contributed by atoms with Gasteiger partial charge in [0, 0.05) is 18.0 Å². The van der Waals surface area contributed by atoms with Gasteiger partial charge in [-0.1, -0.05) is 19.1 Å². The summed E-state index contributed by atoms with van der Waals surface area (Å²) in [7, 11) is 0. The quantitative estimate of drug-likeness (QED) is 0.859. The molecule has 1 aliphatic rings. The van der Waals surface area contributed by atoms with Crippen LogP contribution in [-0.2, 0) is 17.8 Å². The number of hydrogen-bond donors (Lipinski definition) is 2. The Kier molecular flexibility index (Phi) is 4.66. The maximum atomic E-state index is 10.7. The summed E-state index contributed by atoms with van der Waals surface area (Å²) in [6, 6.07) is 6.58. The van der Waals surface area contributed by atoms with E-state index in [0.29, 0.717) is 6.54 Å². The molecule has 0 saturated heterocycles. The number of carbonyl (C=O) groups is 1. The van der Waals surface area contributed by atoms with Gasteiger partial charge in [0.2, 0.25) is 0 Å². The number of carboxylic acid groups (broad SMARTS) is 1. The van der Waals surface area contributed by atoms with Crippen molar-refractivity contribution in [3.8, 4) is 0 Å². The predicted octanol–water partition coefficient (Wildman–Crippen LogP) is 2.54. The molecule has 1 atom stereocenters. The van der Waals surface area contributed by atoms with Crippen LogP contribution in [0.5, 0.6) is 0 Å². The first-order valence-corrected chi connectivity index (χ1v) is 7.33. The lowest BCUT2D eigenvalue weighted by Crippen LogP contribution is -2.25. The van der Waals surface area contributed by atoms with E-state index in [0.717, 1.165) is 6.54 Å². The molecule has 0 fully saturated rings. The first-order chi connectivity index (χ1) is 8.66. The van der Waals surface area contributed by atoms with Crippen LogP contribution in [0.15, 0.2) is 23.1 Å². The molecule has 3 nitrogen and oxygen atoms in total. The van der Waals surface area contributed by atoms with Crippen molar-refractivity contribution in [2.45, 2.75) is 31.2 Å². The van der Waals surface area contributed by atoms with E-state index in [2.05, 4.69) is 23.5 Å². The molecule has 1 heterocycles. The van der Waals surface area contributed by atoms with Gasteiger partial charge in [-0.25, -0.2) is 0 Å². The number of aryl methyl sites for hydroxylation is 1. The van der Waals surface area contributed by atoms with Gasteiger partial charge in [-0.15, -0.1) is 11.8 Å². The van der Waals surface area contributed by atoms with Crippen LogP contribution in [0.25, 0.3) is 0 Å². The molecule has 98 valence electrons. The van der Waals surface area contributed by atoms with Crippen molar-refractivity contribution in [1.29, 1.82) is 0 Å². The Bertz CT molecular complexity index is 434. The second-order valence-electron chi connectivity index (χ2n) is 4.76. The summed E-state index contributed by atoms with van der Waals surface area (Å²) in [5.41, 5.74) is 2.69. The topological polar surface area (TPSA) is 49.3 Å². The van der Waals surface area contributed by atoms with Crippen LogP contribution in [0.4, 0.5) is 0 Å². The fourth-order valence-corrected chi connectivity index (χ4v) is 3.06. The molecule has 18 heavy (non-hydrogen) atoms. The standard InChI is InChI=1S/C14H19NO2S/c1-10(14(16)17)8-15-9-11-4-5-13-12(7-11)3-2-6-18-13/h4-5,7,10,15H,2-3,6,8-9H2,1H3,(H,16,17). The molecule has 1 aromatic carbocycles. The minimum absolute atomic E-state index is 0.335. The number of carboxylic acids is 1. The number of fused-ring (bicyclic) bond motifs is 1. The number of rotatable bonds is 5. The highest BCUT2D eigenvalue weighted by Crippen LogP contribution is 2.30. The molecule has 0 radical (unpaired) electrons. The summed E-state index contributed by atoms with van der Waals surface area (Å²) in [4.78, 5) is 12.1. The van der Waals surface area contributed by atoms with Crippen molar-refractivity contribution in [3.05, 3.63) is 29.3 Å². The van der Waals surface area contributed by atoms with Gasteiger partial charge in [-0.05, 0) is 35.8 Å². The van der Waals surface area contributed by atoms with Crippen molar-refractivity contribution in [2.75, 3.05) is 12.3 Å². The average Bonchev–Trinajstić information content (AvgIpc) is 2.38. The van der Waals surface area contributed by atoms with Crippen LogP contribution in [0, 0.1) is 5.92 Å². The minimum atomic E-state index is -0.746. The Hall–Kier alpha value is -1.00. The van der Waals surface area contributed by atoms with E-state index < -0.39 is 5.97 Å². The number of thioether (sulfide) groups is 1. The van der Waals surface area contributed by atoms with Crippen molar-refractivity contribution in [3.63, 3.8) is 0 Å². The number of aliphatic carboxylic acids is 1. The number of benzene rings is 1. The van der Waals surface area contributed by atoms with E-state index in [9.17, 15) is 4.79 Å². The van der Waals surface area contributed by atoms with Crippen molar-refractivity contribution in [1.82, 2.24) is 5.32 Å². The lowest BCUT2D eigenvalue weighted by atomic mass is 10.1. The minimum Gasteiger partial charge on any atom is -0.481 e. The van der Waals surface area contributed by atoms with Crippen LogP contribution < -0.4 is 5.32 Å². The fourth-order valence-electron chi connectivity index (χ4n) is 2.04. The van der Waals surface area contributed by atoms with Crippen LogP contribution in [0.1, 0.15) is 24.5 Å². The lowest BCUT2D eigenvalue weighted by molar-refractivity contribution is -0.140. The Labute approximate surface area is 112 Å². The van der Waals surface area contributed by atoms with E-state index in [1.165, 1.54) is 34.6 Å². The smallest absolute Gasteiger partial charge is 0.307 e. The molecule has 0 spiro atoms. The molecule has 0 aliphatic carbocycles. The third-order valence-corrected chi connectivity index (χ3v) is 4.38. The van der Waals surface area contributed by atoms with E-state index in [-0.39, 0.29) is 5.92 Å². The zero-order valence-electron chi connectivity index (χ0n) is 10.6. The molecule has 2 N–H and O–H groups in total. The van der Waals surface area contributed by atoms with Crippen molar-refractivity contribution < 1.29 is 9.90 Å². The summed E-state index contributed by atoms with van der Waals surface area (Å²) < 4.78 is 0. The normalized spacial score (nSPS) is 16.1. The van der Waals surface area contributed by atoms with E-state index in [1.54, 1.807) is 6.92 Å². The second-order valence-corrected chi connectivity index (χ2v) is 5.90. The maximum Gasteiger partial charge on any atom is 0.307 e. The van der Waals surface area contributed by atoms with Gasteiger partial charge in [0.05, 0.1) is 5.92 Å². The van der Waals surface area contributed by atoms with E-state index >= 15 is 0 Å². The molecular weight excluding hydrogens is 246 g/mol. The van der Waals surface area contributed by atoms with Crippen molar-refractivity contribution in [2.24, 2.45) is 5.92 Å². The molecule has 2 rings (SSSR count). The number of nitrogens with one attached hydrogen (secondary N) is 1. The van der Waals surface area contributed by atoms with Crippen molar-refractivity contribution >= 4 is 17.7 Å².